The van der Waals surface area contributed by atoms with E-state index in [1.165, 1.54) is 11.1 Å². The summed E-state index contributed by atoms with van der Waals surface area (Å²) >= 11 is 12.5. The van der Waals surface area contributed by atoms with Gasteiger partial charge in [0.25, 0.3) is 0 Å². The van der Waals surface area contributed by atoms with Gasteiger partial charge < -0.3 is 5.32 Å². The summed E-state index contributed by atoms with van der Waals surface area (Å²) in [5, 5.41) is 12.7. The number of halogens is 2. The van der Waals surface area contributed by atoms with Gasteiger partial charge in [0, 0.05) is 6.54 Å². The van der Waals surface area contributed by atoms with E-state index in [0.717, 1.165) is 11.5 Å². The third kappa shape index (κ3) is 3.19. The van der Waals surface area contributed by atoms with E-state index >= 15 is 0 Å². The van der Waals surface area contributed by atoms with Gasteiger partial charge in [-0.1, -0.05) is 53.5 Å². The number of rotatable bonds is 4. The Bertz CT molecular complexity index is 842. The van der Waals surface area contributed by atoms with Crippen LogP contribution in [0.4, 0.5) is 5.95 Å². The first kappa shape index (κ1) is 15.8. The lowest BCUT2D eigenvalue weighted by Gasteiger charge is -2.13. The molecular formula is C17H16Cl2N4. The zero-order valence-corrected chi connectivity index (χ0v) is 14.4. The fourth-order valence-corrected chi connectivity index (χ4v) is 2.79. The van der Waals surface area contributed by atoms with Crippen LogP contribution in [0.2, 0.25) is 10.0 Å². The van der Waals surface area contributed by atoms with E-state index in [-0.39, 0.29) is 0 Å². The van der Waals surface area contributed by atoms with E-state index in [1.807, 2.05) is 35.8 Å². The Morgan fingerprint density at radius 1 is 1.00 bits per heavy atom. The second-order valence-corrected chi connectivity index (χ2v) is 6.04. The van der Waals surface area contributed by atoms with Crippen LogP contribution < -0.4 is 5.32 Å². The van der Waals surface area contributed by atoms with Crippen molar-refractivity contribution in [3.63, 3.8) is 0 Å². The molecule has 0 unspecified atom stereocenters. The van der Waals surface area contributed by atoms with Gasteiger partial charge in [0.05, 0.1) is 15.7 Å². The van der Waals surface area contributed by atoms with Gasteiger partial charge in [-0.25, -0.2) is 0 Å². The quantitative estimate of drug-likeness (QED) is 0.737. The lowest BCUT2D eigenvalue weighted by molar-refractivity contribution is 0.959. The van der Waals surface area contributed by atoms with Crippen LogP contribution in [0.1, 0.15) is 17.0 Å². The molecule has 6 heteroatoms. The zero-order valence-electron chi connectivity index (χ0n) is 12.8. The molecule has 0 aliphatic rings. The monoisotopic (exact) mass is 346 g/mol. The number of benzene rings is 2. The lowest BCUT2D eigenvalue weighted by atomic mass is 10.1. The van der Waals surface area contributed by atoms with Gasteiger partial charge in [0.1, 0.15) is 5.82 Å². The minimum Gasteiger partial charge on any atom is -0.350 e. The van der Waals surface area contributed by atoms with Crippen molar-refractivity contribution in [2.45, 2.75) is 20.4 Å². The molecule has 3 aromatic rings. The Balaban J connectivity index is 1.93. The van der Waals surface area contributed by atoms with Crippen LogP contribution in [0.5, 0.6) is 0 Å². The number of hydrogen-bond donors (Lipinski definition) is 1. The summed E-state index contributed by atoms with van der Waals surface area (Å²) in [5.41, 5.74) is 3.19. The Morgan fingerprint density at radius 2 is 1.78 bits per heavy atom. The molecule has 0 aliphatic heterocycles. The van der Waals surface area contributed by atoms with Crippen molar-refractivity contribution in [2.75, 3.05) is 5.32 Å². The van der Waals surface area contributed by atoms with Crippen molar-refractivity contribution in [3.8, 4) is 5.69 Å². The summed E-state index contributed by atoms with van der Waals surface area (Å²) in [6, 6.07) is 13.7. The predicted molar refractivity (Wildman–Crippen MR) is 94.6 cm³/mol. The molecule has 118 valence electrons. The summed E-state index contributed by atoms with van der Waals surface area (Å²) < 4.78 is 1.87. The number of aromatic nitrogens is 3. The van der Waals surface area contributed by atoms with Crippen LogP contribution >= 0.6 is 23.2 Å². The zero-order chi connectivity index (χ0) is 16.4. The van der Waals surface area contributed by atoms with Gasteiger partial charge in [-0.05, 0) is 37.1 Å². The predicted octanol–water partition coefficient (Wildman–Crippen LogP) is 4.80. The second-order valence-electron chi connectivity index (χ2n) is 5.26. The van der Waals surface area contributed by atoms with Crippen LogP contribution in [0, 0.1) is 13.8 Å². The molecule has 2 aromatic carbocycles. The Kier molecular flexibility index (Phi) is 4.55. The molecule has 0 radical (unpaired) electrons. The molecule has 1 aromatic heterocycles. The van der Waals surface area contributed by atoms with Crippen molar-refractivity contribution in [2.24, 2.45) is 0 Å². The highest BCUT2D eigenvalue weighted by molar-refractivity contribution is 6.43. The Hall–Kier alpha value is -2.04. The van der Waals surface area contributed by atoms with Crippen LogP contribution in [0.3, 0.4) is 0 Å². The van der Waals surface area contributed by atoms with E-state index in [1.54, 1.807) is 6.07 Å². The molecule has 0 aliphatic carbocycles. The minimum absolute atomic E-state index is 0.482. The van der Waals surface area contributed by atoms with Gasteiger partial charge in [0.15, 0.2) is 0 Å². The second kappa shape index (κ2) is 6.60. The van der Waals surface area contributed by atoms with Gasteiger partial charge in [-0.3, -0.25) is 4.57 Å². The summed E-state index contributed by atoms with van der Waals surface area (Å²) in [6.45, 7) is 4.62. The van der Waals surface area contributed by atoms with Crippen molar-refractivity contribution in [1.29, 1.82) is 0 Å². The standard InChI is InChI=1S/C17H16Cl2N4/c1-11-6-3-4-7-13(11)10-20-17-22-21-12(2)23(17)15-9-5-8-14(18)16(15)19/h3-9H,10H2,1-2H3,(H,20,22). The molecule has 0 atom stereocenters. The molecule has 23 heavy (non-hydrogen) atoms. The molecule has 0 amide bonds. The van der Waals surface area contributed by atoms with Gasteiger partial charge in [-0.15, -0.1) is 10.2 Å². The van der Waals surface area contributed by atoms with E-state index in [0.29, 0.717) is 22.5 Å². The molecule has 3 rings (SSSR count). The minimum atomic E-state index is 0.482. The average molecular weight is 347 g/mol. The molecule has 4 nitrogen and oxygen atoms in total. The highest BCUT2D eigenvalue weighted by Gasteiger charge is 2.15. The van der Waals surface area contributed by atoms with Crippen LogP contribution in [0.15, 0.2) is 42.5 Å². The number of nitrogens with zero attached hydrogens (tertiary/aromatic N) is 3. The van der Waals surface area contributed by atoms with Crippen LogP contribution in [0.25, 0.3) is 5.69 Å². The molecule has 0 fully saturated rings. The largest absolute Gasteiger partial charge is 0.350 e. The molecule has 1 N–H and O–H groups in total. The summed E-state index contributed by atoms with van der Waals surface area (Å²) in [5.74, 6) is 1.37. The van der Waals surface area contributed by atoms with E-state index in [9.17, 15) is 0 Å². The van der Waals surface area contributed by atoms with Crippen molar-refractivity contribution >= 4 is 29.2 Å². The summed E-state index contributed by atoms with van der Waals surface area (Å²) in [6.07, 6.45) is 0. The number of nitrogens with one attached hydrogen (secondary N) is 1. The smallest absolute Gasteiger partial charge is 0.229 e. The summed E-state index contributed by atoms with van der Waals surface area (Å²) in [7, 11) is 0. The van der Waals surface area contributed by atoms with E-state index in [2.05, 4.69) is 34.6 Å². The summed E-state index contributed by atoms with van der Waals surface area (Å²) in [4.78, 5) is 0. The molecular weight excluding hydrogens is 331 g/mol. The van der Waals surface area contributed by atoms with Crippen LogP contribution in [-0.4, -0.2) is 14.8 Å². The highest BCUT2D eigenvalue weighted by atomic mass is 35.5. The normalized spacial score (nSPS) is 10.8. The van der Waals surface area contributed by atoms with Crippen molar-refractivity contribution in [3.05, 3.63) is 69.5 Å². The maximum Gasteiger partial charge on any atom is 0.229 e. The van der Waals surface area contributed by atoms with Crippen molar-refractivity contribution < 1.29 is 0 Å². The fraction of sp³-hybridized carbons (Fsp3) is 0.176. The fourth-order valence-electron chi connectivity index (χ4n) is 2.41. The number of hydrogen-bond acceptors (Lipinski definition) is 3. The Morgan fingerprint density at radius 3 is 2.57 bits per heavy atom. The Labute approximate surface area is 145 Å². The highest BCUT2D eigenvalue weighted by Crippen LogP contribution is 2.30. The van der Waals surface area contributed by atoms with E-state index in [4.69, 9.17) is 23.2 Å². The molecule has 0 spiro atoms. The third-order valence-electron chi connectivity index (χ3n) is 3.70. The van der Waals surface area contributed by atoms with Crippen molar-refractivity contribution in [1.82, 2.24) is 14.8 Å². The van der Waals surface area contributed by atoms with Gasteiger partial charge in [-0.2, -0.15) is 0 Å². The lowest BCUT2D eigenvalue weighted by Crippen LogP contribution is -2.08. The SMILES string of the molecule is Cc1ccccc1CNc1nnc(C)n1-c1cccc(Cl)c1Cl. The van der Waals surface area contributed by atoms with Gasteiger partial charge >= 0.3 is 0 Å². The first-order chi connectivity index (χ1) is 11.1. The third-order valence-corrected chi connectivity index (χ3v) is 4.50. The van der Waals surface area contributed by atoms with E-state index < -0.39 is 0 Å². The first-order valence-electron chi connectivity index (χ1n) is 7.22. The maximum absolute atomic E-state index is 6.33. The number of aryl methyl sites for hydroxylation is 2. The first-order valence-corrected chi connectivity index (χ1v) is 7.98. The molecule has 0 saturated carbocycles. The molecule has 0 bridgehead atoms. The topological polar surface area (TPSA) is 42.7 Å². The van der Waals surface area contributed by atoms with Crippen LogP contribution in [-0.2, 0) is 6.54 Å². The molecule has 0 saturated heterocycles. The average Bonchev–Trinajstić information content (AvgIpc) is 2.90. The number of anilines is 1. The maximum atomic E-state index is 6.33. The van der Waals surface area contributed by atoms with Gasteiger partial charge in [0.2, 0.25) is 5.95 Å². The molecule has 1 heterocycles.